The first kappa shape index (κ1) is 48.4. The van der Waals surface area contributed by atoms with Crippen LogP contribution in [0.5, 0.6) is 0 Å². The Morgan fingerprint density at radius 1 is 0.950 bits per heavy atom. The predicted molar refractivity (Wildman–Crippen MR) is 239 cm³/mol. The highest BCUT2D eigenvalue weighted by Crippen LogP contribution is 2.73. The van der Waals surface area contributed by atoms with Crippen LogP contribution in [-0.4, -0.2) is 90.0 Å². The second kappa shape index (κ2) is 19.0. The van der Waals surface area contributed by atoms with Crippen molar-refractivity contribution in [1.82, 2.24) is 9.80 Å². The van der Waals surface area contributed by atoms with Crippen LogP contribution >= 0.6 is 0 Å². The predicted octanol–water partition coefficient (Wildman–Crippen LogP) is 9.95. The molecule has 60 heavy (non-hydrogen) atoms. The highest BCUT2D eigenvalue weighted by Gasteiger charge is 2.67. The van der Waals surface area contributed by atoms with Crippen LogP contribution in [0, 0.1) is 50.7 Å². The van der Waals surface area contributed by atoms with Crippen LogP contribution in [0.4, 0.5) is 0 Å². The molecule has 3 fully saturated rings. The minimum absolute atomic E-state index is 0.0187. The van der Waals surface area contributed by atoms with Crippen molar-refractivity contribution in [2.24, 2.45) is 50.7 Å². The van der Waals surface area contributed by atoms with E-state index in [1.807, 2.05) is 0 Å². The number of unbranched alkanes of at least 4 members (excludes halogenated alkanes) is 1. The van der Waals surface area contributed by atoms with Gasteiger partial charge in [-0.1, -0.05) is 97.2 Å². The molecule has 1 aromatic carbocycles. The molecule has 5 rings (SSSR count). The van der Waals surface area contributed by atoms with Crippen LogP contribution in [0.2, 0.25) is 0 Å². The molecule has 0 heterocycles. The van der Waals surface area contributed by atoms with Gasteiger partial charge in [-0.25, -0.2) is 0 Å². The second-order valence-corrected chi connectivity index (χ2v) is 21.9. The summed E-state index contributed by atoms with van der Waals surface area (Å²) in [6.45, 7) is 24.2. The monoisotopic (exact) mass is 835 g/mol. The quantitative estimate of drug-likeness (QED) is 0.0979. The first-order chi connectivity index (χ1) is 28.0. The van der Waals surface area contributed by atoms with Crippen LogP contribution in [0.1, 0.15) is 152 Å². The number of Topliss-reactive ketones (excluding diaryl/α,β-unsaturated/α-hetero) is 1. The summed E-state index contributed by atoms with van der Waals surface area (Å²) in [7, 11) is 4.21. The van der Waals surface area contributed by atoms with E-state index >= 15 is 0 Å². The Balaban J connectivity index is 1.46. The Kier molecular flexibility index (Phi) is 15.4. The number of ketones is 1. The zero-order chi connectivity index (χ0) is 44.4. The van der Waals surface area contributed by atoms with Gasteiger partial charge in [0.25, 0.3) is 0 Å². The van der Waals surface area contributed by atoms with E-state index in [0.717, 1.165) is 89.4 Å². The zero-order valence-electron chi connectivity index (χ0n) is 39.6. The lowest BCUT2D eigenvalue weighted by Crippen LogP contribution is -2.61. The Bertz CT molecular complexity index is 1680. The maximum absolute atomic E-state index is 14.5. The number of carboxylic acid groups (broad SMARTS) is 1. The highest BCUT2D eigenvalue weighted by molar-refractivity contribution is 6.00. The molecular formula is C51H82N2O7. The molecule has 0 bridgehead atoms. The van der Waals surface area contributed by atoms with Crippen LogP contribution in [0.25, 0.3) is 0 Å². The number of ether oxygens (including phenoxy) is 2. The van der Waals surface area contributed by atoms with Gasteiger partial charge in [0, 0.05) is 43.4 Å². The van der Waals surface area contributed by atoms with E-state index in [0.29, 0.717) is 24.8 Å². The number of aliphatic hydroxyl groups is 1. The van der Waals surface area contributed by atoms with Crippen LogP contribution in [0.15, 0.2) is 41.5 Å². The summed E-state index contributed by atoms with van der Waals surface area (Å²) in [5.41, 5.74) is 1.73. The van der Waals surface area contributed by atoms with Gasteiger partial charge in [-0.3, -0.25) is 19.3 Å². The van der Waals surface area contributed by atoms with E-state index < -0.39 is 29.1 Å². The second-order valence-electron chi connectivity index (χ2n) is 21.9. The molecule has 3 saturated carbocycles. The van der Waals surface area contributed by atoms with Gasteiger partial charge >= 0.3 is 11.9 Å². The summed E-state index contributed by atoms with van der Waals surface area (Å²) < 4.78 is 13.0. The molecule has 9 nitrogen and oxygen atoms in total. The Labute approximate surface area is 363 Å². The molecule has 9 heteroatoms. The summed E-state index contributed by atoms with van der Waals surface area (Å²) in [6, 6.07) is 10.6. The van der Waals surface area contributed by atoms with E-state index in [1.165, 1.54) is 11.1 Å². The van der Waals surface area contributed by atoms with Gasteiger partial charge in [-0.15, -0.1) is 0 Å². The van der Waals surface area contributed by atoms with Gasteiger partial charge < -0.3 is 24.6 Å². The van der Waals surface area contributed by atoms with Crippen molar-refractivity contribution < 1.29 is 34.1 Å². The van der Waals surface area contributed by atoms with Crippen molar-refractivity contribution in [3.05, 3.63) is 47.0 Å². The third-order valence-electron chi connectivity index (χ3n) is 16.6. The Morgan fingerprint density at radius 3 is 2.23 bits per heavy atom. The molecular weight excluding hydrogens is 753 g/mol. The van der Waals surface area contributed by atoms with Gasteiger partial charge in [0.2, 0.25) is 0 Å². The molecule has 338 valence electrons. The minimum Gasteiger partial charge on any atom is -0.481 e. The molecule has 0 saturated heterocycles. The maximum Gasteiger partial charge on any atom is 0.309 e. The number of hydrogen-bond acceptors (Lipinski definition) is 8. The lowest BCUT2D eigenvalue weighted by Gasteiger charge is -2.67. The van der Waals surface area contributed by atoms with Crippen molar-refractivity contribution in [2.75, 3.05) is 33.7 Å². The molecule has 0 spiro atoms. The molecule has 0 amide bonds. The lowest BCUT2D eigenvalue weighted by atomic mass is 9.38. The van der Waals surface area contributed by atoms with Crippen molar-refractivity contribution >= 4 is 17.7 Å². The number of nitrogens with zero attached hydrogens (tertiary/aromatic N) is 2. The number of aliphatic carboxylic acids is 1. The van der Waals surface area contributed by atoms with Crippen LogP contribution < -0.4 is 0 Å². The molecule has 0 radical (unpaired) electrons. The SMILES string of the molecule is CCCC[C@H](OC(=O)CC(C)(C)C(=O)O)C(C)(C)[C@H]1CC[C@]2(C)[C@H](CC[C@@H]3C4=C(C(C)C)C(=O)C[C@]4([C@H](CN(CCN(C)C)Cc4ccccc4)OC(C)O)CC[C@]32C)C1. The molecule has 4 aliphatic carbocycles. The first-order valence-electron chi connectivity index (χ1n) is 23.5. The summed E-state index contributed by atoms with van der Waals surface area (Å²) in [6.07, 6.45) is 8.62. The third-order valence-corrected chi connectivity index (χ3v) is 16.6. The number of fused-ring (bicyclic) bond motifs is 5. The number of hydrogen-bond donors (Lipinski definition) is 2. The number of carbonyl (C=O) groups excluding carboxylic acids is 2. The lowest BCUT2D eigenvalue weighted by molar-refractivity contribution is -0.192. The van der Waals surface area contributed by atoms with Crippen molar-refractivity contribution in [3.8, 4) is 0 Å². The van der Waals surface area contributed by atoms with E-state index in [1.54, 1.807) is 20.8 Å². The zero-order valence-corrected chi connectivity index (χ0v) is 39.6. The van der Waals surface area contributed by atoms with Gasteiger partial charge in [-0.05, 0) is 132 Å². The third kappa shape index (κ3) is 9.80. The number of allylic oxidation sites excluding steroid dienone is 1. The smallest absolute Gasteiger partial charge is 0.309 e. The van der Waals surface area contributed by atoms with E-state index in [4.69, 9.17) is 9.47 Å². The average Bonchev–Trinajstić information content (AvgIpc) is 3.48. The average molecular weight is 835 g/mol. The Hall–Kier alpha value is -2.59. The topological polar surface area (TPSA) is 117 Å². The van der Waals surface area contributed by atoms with Crippen molar-refractivity contribution in [3.63, 3.8) is 0 Å². The largest absolute Gasteiger partial charge is 0.481 e. The Morgan fingerprint density at radius 2 is 1.63 bits per heavy atom. The molecule has 0 aliphatic heterocycles. The summed E-state index contributed by atoms with van der Waals surface area (Å²) in [5.74, 6) is 0.0629. The molecule has 4 aliphatic rings. The minimum atomic E-state index is -1.18. The standard InChI is InChI=1S/C51H82N2O7/c1-13-14-20-41(60-43(56)31-47(5,6)46(57)58)48(7,8)37-23-24-49(9)38(29-37)21-22-39-45-44(34(2)3)40(55)30-51(45,26-25-50(39,49)10)42(59-35(4)54)33-53(28-27-52(11)12)32-36-18-16-15-17-19-36/h15-19,34-35,37-39,41-42,54H,13-14,20-33H2,1-12H3,(H,57,58)/t35?,37-,38+,39+,41-,42-,49+,50+,51-/m0/s1. The summed E-state index contributed by atoms with van der Waals surface area (Å²) in [5, 5.41) is 20.7. The summed E-state index contributed by atoms with van der Waals surface area (Å²) in [4.78, 5) is 44.4. The van der Waals surface area contributed by atoms with Crippen molar-refractivity contribution in [2.45, 2.75) is 171 Å². The number of benzene rings is 1. The molecule has 1 unspecified atom stereocenters. The fraction of sp³-hybridized carbons (Fsp3) is 0.784. The molecule has 2 N–H and O–H groups in total. The molecule has 1 aromatic rings. The fourth-order valence-corrected chi connectivity index (χ4v) is 12.6. The molecule has 0 aromatic heterocycles. The molecule has 9 atom stereocenters. The fourth-order valence-electron chi connectivity index (χ4n) is 12.6. The summed E-state index contributed by atoms with van der Waals surface area (Å²) >= 11 is 0. The van der Waals surface area contributed by atoms with Gasteiger partial charge in [-0.2, -0.15) is 0 Å². The number of aliphatic hydroxyl groups excluding tert-OH is 1. The van der Waals surface area contributed by atoms with E-state index in [-0.39, 0.29) is 52.5 Å². The number of carbonyl (C=O) groups is 3. The van der Waals surface area contributed by atoms with Gasteiger partial charge in [0.05, 0.1) is 17.9 Å². The van der Waals surface area contributed by atoms with Crippen LogP contribution in [0.3, 0.4) is 0 Å². The highest BCUT2D eigenvalue weighted by atomic mass is 16.6. The number of rotatable bonds is 20. The number of likely N-dealkylation sites (N-methyl/N-ethyl adjacent to an activating group) is 1. The number of carboxylic acids is 1. The van der Waals surface area contributed by atoms with Gasteiger partial charge in [0.1, 0.15) is 6.10 Å². The van der Waals surface area contributed by atoms with E-state index in [9.17, 15) is 24.6 Å². The van der Waals surface area contributed by atoms with E-state index in [2.05, 4.69) is 103 Å². The maximum atomic E-state index is 14.5. The number of esters is 1. The normalized spacial score (nSPS) is 29.9. The van der Waals surface area contributed by atoms with Crippen molar-refractivity contribution in [1.29, 1.82) is 0 Å². The van der Waals surface area contributed by atoms with Gasteiger partial charge in [0.15, 0.2) is 12.1 Å². The van der Waals surface area contributed by atoms with Crippen LogP contribution in [-0.2, 0) is 30.4 Å². The first-order valence-corrected chi connectivity index (χ1v) is 23.5.